The smallest absolute Gasteiger partial charge is 0.235 e. The molecular weight excluding hydrogens is 380 g/mol. The summed E-state index contributed by atoms with van der Waals surface area (Å²) in [7, 11) is 0. The fraction of sp³-hybridized carbons (Fsp3) is 0.0500. The maximum atomic E-state index is 13.0. The number of hydrogen-bond acceptors (Lipinski definition) is 3. The first kappa shape index (κ1) is 16.9. The van der Waals surface area contributed by atoms with Gasteiger partial charge in [-0.2, -0.15) is 5.26 Å². The average Bonchev–Trinajstić information content (AvgIpc) is 2.67. The summed E-state index contributed by atoms with van der Waals surface area (Å²) < 4.78 is 0. The molecule has 5 heteroatoms. The number of carbonyl (C=O) groups is 2. The molecule has 3 aromatic carbocycles. The van der Waals surface area contributed by atoms with E-state index in [4.69, 9.17) is 5.26 Å². The summed E-state index contributed by atoms with van der Waals surface area (Å²) in [6.07, 6.45) is 0. The van der Waals surface area contributed by atoms with E-state index in [9.17, 15) is 9.59 Å². The van der Waals surface area contributed by atoms with Gasteiger partial charge < -0.3 is 5.32 Å². The minimum absolute atomic E-state index is 0.133. The second-order valence-electron chi connectivity index (χ2n) is 5.41. The molecule has 0 aromatic heterocycles. The van der Waals surface area contributed by atoms with Crippen LogP contribution in [0.3, 0.4) is 0 Å². The molecule has 0 heterocycles. The van der Waals surface area contributed by atoms with E-state index in [1.807, 2.05) is 36.4 Å². The molecule has 0 saturated heterocycles. The van der Waals surface area contributed by atoms with Crippen LogP contribution in [0.2, 0.25) is 0 Å². The summed E-state index contributed by atoms with van der Waals surface area (Å²) in [6, 6.07) is 19.6. The summed E-state index contributed by atoms with van der Waals surface area (Å²) in [6.45, 7) is 0. The molecule has 0 aliphatic heterocycles. The van der Waals surface area contributed by atoms with E-state index in [0.717, 1.165) is 10.8 Å². The number of fused-ring (bicyclic) bond motifs is 1. The molecular formula is C20H13BrN2O2. The first-order valence-electron chi connectivity index (χ1n) is 7.56. The van der Waals surface area contributed by atoms with E-state index in [2.05, 4.69) is 21.2 Å². The third-order valence-electron chi connectivity index (χ3n) is 3.81. The first-order valence-corrected chi connectivity index (χ1v) is 8.68. The third kappa shape index (κ3) is 3.44. The topological polar surface area (TPSA) is 70.0 Å². The standard InChI is InChI=1S/C20H13BrN2O2/c21-11-18(24)23-19-16-7-2-1-5-14(16)8-9-17(19)20(25)15-6-3-4-13(10-15)12-22/h1-10H,11H2,(H,23,24). The van der Waals surface area contributed by atoms with Crippen molar-refractivity contribution in [3.05, 3.63) is 77.4 Å². The molecule has 0 atom stereocenters. The second-order valence-corrected chi connectivity index (χ2v) is 5.97. The lowest BCUT2D eigenvalue weighted by Gasteiger charge is -2.13. The van der Waals surface area contributed by atoms with Gasteiger partial charge in [0.15, 0.2) is 5.78 Å². The molecule has 0 unspecified atom stereocenters. The highest BCUT2D eigenvalue weighted by molar-refractivity contribution is 9.09. The maximum absolute atomic E-state index is 13.0. The van der Waals surface area contributed by atoms with Crippen LogP contribution < -0.4 is 5.32 Å². The van der Waals surface area contributed by atoms with Gasteiger partial charge in [0.25, 0.3) is 0 Å². The van der Waals surface area contributed by atoms with Crippen molar-refractivity contribution < 1.29 is 9.59 Å². The van der Waals surface area contributed by atoms with Crippen LogP contribution >= 0.6 is 15.9 Å². The highest BCUT2D eigenvalue weighted by Crippen LogP contribution is 2.29. The zero-order valence-electron chi connectivity index (χ0n) is 13.1. The molecule has 25 heavy (non-hydrogen) atoms. The number of halogens is 1. The van der Waals surface area contributed by atoms with E-state index < -0.39 is 0 Å². The number of benzene rings is 3. The lowest BCUT2D eigenvalue weighted by atomic mass is 9.96. The predicted octanol–water partition coefficient (Wildman–Crippen LogP) is 4.28. The van der Waals surface area contributed by atoms with E-state index >= 15 is 0 Å². The Balaban J connectivity index is 2.17. The van der Waals surface area contributed by atoms with Crippen LogP contribution in [0, 0.1) is 11.3 Å². The SMILES string of the molecule is N#Cc1cccc(C(=O)c2ccc3ccccc3c2NC(=O)CBr)c1. The number of nitrogens with one attached hydrogen (secondary N) is 1. The number of amides is 1. The molecule has 0 bridgehead atoms. The Morgan fingerprint density at radius 2 is 1.84 bits per heavy atom. The zero-order chi connectivity index (χ0) is 17.8. The number of nitriles is 1. The van der Waals surface area contributed by atoms with Crippen LogP contribution in [0.4, 0.5) is 5.69 Å². The van der Waals surface area contributed by atoms with E-state index in [-0.39, 0.29) is 17.0 Å². The molecule has 1 N–H and O–H groups in total. The molecule has 0 aliphatic rings. The molecule has 4 nitrogen and oxygen atoms in total. The Bertz CT molecular complexity index is 1020. The molecule has 122 valence electrons. The summed E-state index contributed by atoms with van der Waals surface area (Å²) in [5, 5.41) is 13.7. The van der Waals surface area contributed by atoms with Crippen molar-refractivity contribution in [2.45, 2.75) is 0 Å². The monoisotopic (exact) mass is 392 g/mol. The van der Waals surface area contributed by atoms with E-state index in [1.165, 1.54) is 0 Å². The van der Waals surface area contributed by atoms with Gasteiger partial charge in [-0.1, -0.05) is 58.4 Å². The number of anilines is 1. The highest BCUT2D eigenvalue weighted by atomic mass is 79.9. The largest absolute Gasteiger partial charge is 0.324 e. The second kappa shape index (κ2) is 7.29. The van der Waals surface area contributed by atoms with E-state index in [0.29, 0.717) is 22.4 Å². The van der Waals surface area contributed by atoms with Gasteiger partial charge >= 0.3 is 0 Å². The molecule has 3 aromatic rings. The molecule has 0 fully saturated rings. The predicted molar refractivity (Wildman–Crippen MR) is 101 cm³/mol. The van der Waals surface area contributed by atoms with Crippen molar-refractivity contribution in [1.82, 2.24) is 0 Å². The molecule has 0 spiro atoms. The number of carbonyl (C=O) groups excluding carboxylic acids is 2. The van der Waals surface area contributed by atoms with Crippen molar-refractivity contribution in [3.63, 3.8) is 0 Å². The Morgan fingerprint density at radius 3 is 2.60 bits per heavy atom. The van der Waals surface area contributed by atoms with Gasteiger partial charge in [0.2, 0.25) is 5.91 Å². The molecule has 0 radical (unpaired) electrons. The Morgan fingerprint density at radius 1 is 1.04 bits per heavy atom. The number of rotatable bonds is 4. The summed E-state index contributed by atoms with van der Waals surface area (Å²) in [4.78, 5) is 24.9. The minimum Gasteiger partial charge on any atom is -0.324 e. The fourth-order valence-electron chi connectivity index (χ4n) is 2.65. The zero-order valence-corrected chi connectivity index (χ0v) is 14.7. The van der Waals surface area contributed by atoms with Crippen LogP contribution in [0.1, 0.15) is 21.5 Å². The van der Waals surface area contributed by atoms with Gasteiger partial charge in [-0.25, -0.2) is 0 Å². The van der Waals surface area contributed by atoms with Crippen molar-refractivity contribution in [2.75, 3.05) is 10.6 Å². The Kier molecular flexibility index (Phi) is 4.92. The quantitative estimate of drug-likeness (QED) is 0.532. The molecule has 0 aliphatic carbocycles. The fourth-order valence-corrected chi connectivity index (χ4v) is 2.79. The molecule has 0 saturated carbocycles. The van der Waals surface area contributed by atoms with Gasteiger partial charge in [0.1, 0.15) is 0 Å². The molecule has 1 amide bonds. The van der Waals surface area contributed by atoms with Crippen molar-refractivity contribution in [1.29, 1.82) is 5.26 Å². The van der Waals surface area contributed by atoms with Crippen molar-refractivity contribution in [2.24, 2.45) is 0 Å². The lowest BCUT2D eigenvalue weighted by molar-refractivity contribution is -0.113. The van der Waals surface area contributed by atoms with Gasteiger partial charge in [-0.15, -0.1) is 0 Å². The van der Waals surface area contributed by atoms with Crippen LogP contribution in [-0.4, -0.2) is 17.0 Å². The number of ketones is 1. The number of nitrogens with zero attached hydrogens (tertiary/aromatic N) is 1. The van der Waals surface area contributed by atoms with Crippen LogP contribution in [0.15, 0.2) is 60.7 Å². The minimum atomic E-state index is -0.243. The summed E-state index contributed by atoms with van der Waals surface area (Å²) >= 11 is 3.13. The van der Waals surface area contributed by atoms with Crippen molar-refractivity contribution in [3.8, 4) is 6.07 Å². The number of hydrogen-bond donors (Lipinski definition) is 1. The molecule has 3 rings (SSSR count). The number of alkyl halides is 1. The highest BCUT2D eigenvalue weighted by Gasteiger charge is 2.18. The van der Waals surface area contributed by atoms with Crippen LogP contribution in [0.5, 0.6) is 0 Å². The van der Waals surface area contributed by atoms with Gasteiger partial charge in [0.05, 0.1) is 22.7 Å². The Labute approximate surface area is 153 Å². The average molecular weight is 393 g/mol. The van der Waals surface area contributed by atoms with Crippen LogP contribution in [-0.2, 0) is 4.79 Å². The van der Waals surface area contributed by atoms with Crippen molar-refractivity contribution >= 4 is 44.1 Å². The lowest BCUT2D eigenvalue weighted by Crippen LogP contribution is -2.16. The van der Waals surface area contributed by atoms with Gasteiger partial charge in [0, 0.05) is 16.5 Å². The van der Waals surface area contributed by atoms with Gasteiger partial charge in [-0.05, 0) is 23.6 Å². The van der Waals surface area contributed by atoms with Crippen LogP contribution in [0.25, 0.3) is 10.8 Å². The maximum Gasteiger partial charge on any atom is 0.235 e. The summed E-state index contributed by atoms with van der Waals surface area (Å²) in [5.74, 6) is -0.482. The Hall–Kier alpha value is -2.97. The van der Waals surface area contributed by atoms with E-state index in [1.54, 1.807) is 30.3 Å². The normalized spacial score (nSPS) is 10.2. The third-order valence-corrected chi connectivity index (χ3v) is 4.32. The van der Waals surface area contributed by atoms with Gasteiger partial charge in [-0.3, -0.25) is 9.59 Å². The first-order chi connectivity index (χ1) is 12.1. The summed E-state index contributed by atoms with van der Waals surface area (Å²) in [5.41, 5.74) is 1.69.